The van der Waals surface area contributed by atoms with E-state index in [0.29, 0.717) is 11.3 Å². The third-order valence-corrected chi connectivity index (χ3v) is 3.74. The predicted molar refractivity (Wildman–Crippen MR) is 83.9 cm³/mol. The maximum atomic E-state index is 11.9. The van der Waals surface area contributed by atoms with Crippen LogP contribution in [-0.2, 0) is 17.6 Å². The van der Waals surface area contributed by atoms with Crippen molar-refractivity contribution in [3.05, 3.63) is 58.9 Å². The van der Waals surface area contributed by atoms with Crippen molar-refractivity contribution < 1.29 is 14.7 Å². The summed E-state index contributed by atoms with van der Waals surface area (Å²) >= 11 is 0. The van der Waals surface area contributed by atoms with E-state index in [9.17, 15) is 14.7 Å². The average Bonchev–Trinajstić information content (AvgIpc) is 3.07. The molecule has 1 aliphatic carbocycles. The second kappa shape index (κ2) is 5.89. The van der Waals surface area contributed by atoms with Crippen LogP contribution in [0, 0.1) is 0 Å². The number of amides is 1. The minimum absolute atomic E-state index is 0.161. The van der Waals surface area contributed by atoms with Gasteiger partial charge in [0.25, 0.3) is 0 Å². The zero-order chi connectivity index (χ0) is 15.5. The molecule has 3 rings (SSSR count). The molecule has 1 heterocycles. The molecule has 0 bridgehead atoms. The van der Waals surface area contributed by atoms with Gasteiger partial charge in [0.05, 0.1) is 0 Å². The highest BCUT2D eigenvalue weighted by molar-refractivity contribution is 6.03. The Kier molecular flexibility index (Phi) is 3.78. The monoisotopic (exact) mass is 296 g/mol. The van der Waals surface area contributed by atoms with Gasteiger partial charge in [0.2, 0.25) is 5.91 Å². The first-order valence-corrected chi connectivity index (χ1v) is 7.16. The second-order valence-corrected chi connectivity index (χ2v) is 5.22. The quantitative estimate of drug-likeness (QED) is 0.759. The molecule has 3 N–H and O–H groups in total. The van der Waals surface area contributed by atoms with E-state index in [1.165, 1.54) is 6.08 Å². The lowest BCUT2D eigenvalue weighted by atomic mass is 10.1. The van der Waals surface area contributed by atoms with E-state index in [1.54, 1.807) is 18.2 Å². The number of nitrogens with one attached hydrogen (secondary N) is 2. The maximum absolute atomic E-state index is 11.9. The minimum Gasteiger partial charge on any atom is -0.477 e. The second-order valence-electron chi connectivity index (χ2n) is 5.22. The smallest absolute Gasteiger partial charge is 0.352 e. The van der Waals surface area contributed by atoms with Crippen molar-refractivity contribution >= 4 is 23.6 Å². The van der Waals surface area contributed by atoms with Crippen LogP contribution in [0.3, 0.4) is 0 Å². The summed E-state index contributed by atoms with van der Waals surface area (Å²) in [5.74, 6) is -1.28. The maximum Gasteiger partial charge on any atom is 0.352 e. The third-order valence-electron chi connectivity index (χ3n) is 3.74. The van der Waals surface area contributed by atoms with Crippen molar-refractivity contribution in [1.82, 2.24) is 4.98 Å². The van der Waals surface area contributed by atoms with Crippen molar-refractivity contribution in [3.8, 4) is 0 Å². The Balaban J connectivity index is 1.80. The van der Waals surface area contributed by atoms with E-state index in [4.69, 9.17) is 0 Å². The number of anilines is 1. The fourth-order valence-corrected chi connectivity index (χ4v) is 2.77. The number of hydrogen-bond donors (Lipinski definition) is 3. The lowest BCUT2D eigenvalue weighted by molar-refractivity contribution is -0.111. The summed E-state index contributed by atoms with van der Waals surface area (Å²) in [6.07, 6.45) is 5.68. The molecule has 0 atom stereocenters. The third kappa shape index (κ3) is 2.79. The largest absolute Gasteiger partial charge is 0.477 e. The Bertz CT molecular complexity index is 745. The molecule has 0 fully saturated rings. The predicted octanol–water partition coefficient (Wildman–Crippen LogP) is 2.85. The number of carbonyl (C=O) groups is 2. The van der Waals surface area contributed by atoms with Gasteiger partial charge in [0.1, 0.15) is 5.69 Å². The van der Waals surface area contributed by atoms with Crippen LogP contribution in [0.25, 0.3) is 6.08 Å². The fourth-order valence-electron chi connectivity index (χ4n) is 2.77. The molecule has 22 heavy (non-hydrogen) atoms. The fraction of sp³-hybridized carbons (Fsp3) is 0.176. The standard InChI is InChI=1S/C17H16N2O3/c20-15(18-11-5-2-1-3-6-11)10-9-13-12-7-4-8-14(12)19-16(13)17(21)22/h1-3,5-6,9-10,19H,4,7-8H2,(H,18,20)(H,21,22)/b10-9+. The summed E-state index contributed by atoms with van der Waals surface area (Å²) in [5.41, 5.74) is 3.47. The molecule has 5 nitrogen and oxygen atoms in total. The summed E-state index contributed by atoms with van der Waals surface area (Å²) in [4.78, 5) is 26.2. The van der Waals surface area contributed by atoms with Gasteiger partial charge in [-0.25, -0.2) is 4.79 Å². The summed E-state index contributed by atoms with van der Waals surface area (Å²) < 4.78 is 0. The summed E-state index contributed by atoms with van der Waals surface area (Å²) in [6.45, 7) is 0. The van der Waals surface area contributed by atoms with Gasteiger partial charge in [0.15, 0.2) is 0 Å². The van der Waals surface area contributed by atoms with Crippen LogP contribution in [0.1, 0.15) is 33.7 Å². The van der Waals surface area contributed by atoms with Crippen molar-refractivity contribution in [2.24, 2.45) is 0 Å². The molecule has 2 aromatic rings. The number of hydrogen-bond acceptors (Lipinski definition) is 2. The van der Waals surface area contributed by atoms with Crippen LogP contribution in [-0.4, -0.2) is 22.0 Å². The number of aryl methyl sites for hydroxylation is 1. The van der Waals surface area contributed by atoms with Crippen LogP contribution >= 0.6 is 0 Å². The van der Waals surface area contributed by atoms with Gasteiger partial charge in [-0.3, -0.25) is 4.79 Å². The van der Waals surface area contributed by atoms with Gasteiger partial charge in [-0.05, 0) is 43.0 Å². The van der Waals surface area contributed by atoms with Crippen molar-refractivity contribution in [1.29, 1.82) is 0 Å². The first-order chi connectivity index (χ1) is 10.6. The van der Waals surface area contributed by atoms with E-state index < -0.39 is 5.97 Å². The zero-order valence-electron chi connectivity index (χ0n) is 11.9. The summed E-state index contributed by atoms with van der Waals surface area (Å²) in [7, 11) is 0. The Labute approximate surface area is 127 Å². The number of carbonyl (C=O) groups excluding carboxylic acids is 1. The van der Waals surface area contributed by atoms with Gasteiger partial charge in [-0.1, -0.05) is 18.2 Å². The Morgan fingerprint density at radius 2 is 1.95 bits per heavy atom. The van der Waals surface area contributed by atoms with E-state index in [2.05, 4.69) is 10.3 Å². The SMILES string of the molecule is O=C(/C=C/c1c(C(=O)O)[nH]c2c1CCC2)Nc1ccccc1. The molecule has 0 unspecified atom stereocenters. The first-order valence-electron chi connectivity index (χ1n) is 7.16. The number of H-pyrrole nitrogens is 1. The summed E-state index contributed by atoms with van der Waals surface area (Å²) in [5, 5.41) is 12.0. The molecule has 1 aliphatic rings. The number of para-hydroxylation sites is 1. The van der Waals surface area contributed by atoms with Crippen molar-refractivity contribution in [2.45, 2.75) is 19.3 Å². The number of rotatable bonds is 4. The van der Waals surface area contributed by atoms with Gasteiger partial charge < -0.3 is 15.4 Å². The van der Waals surface area contributed by atoms with E-state index in [0.717, 1.165) is 30.5 Å². The lowest BCUT2D eigenvalue weighted by Gasteiger charge is -2.01. The molecular formula is C17H16N2O3. The minimum atomic E-state index is -1.00. The topological polar surface area (TPSA) is 82.2 Å². The van der Waals surface area contributed by atoms with E-state index >= 15 is 0 Å². The molecule has 5 heteroatoms. The number of carboxylic acid groups (broad SMARTS) is 1. The van der Waals surface area contributed by atoms with Crippen LogP contribution < -0.4 is 5.32 Å². The van der Waals surface area contributed by atoms with E-state index in [1.807, 2.05) is 18.2 Å². The molecule has 0 saturated heterocycles. The molecule has 0 spiro atoms. The highest BCUT2D eigenvalue weighted by atomic mass is 16.4. The molecule has 0 aliphatic heterocycles. The Morgan fingerprint density at radius 3 is 2.68 bits per heavy atom. The summed E-state index contributed by atoms with van der Waals surface area (Å²) in [6, 6.07) is 9.13. The molecular weight excluding hydrogens is 280 g/mol. The molecule has 1 aromatic carbocycles. The number of aromatic carboxylic acids is 1. The highest BCUT2D eigenvalue weighted by Gasteiger charge is 2.23. The highest BCUT2D eigenvalue weighted by Crippen LogP contribution is 2.29. The number of fused-ring (bicyclic) bond motifs is 1. The van der Waals surface area contributed by atoms with Gasteiger partial charge in [-0.15, -0.1) is 0 Å². The molecule has 1 amide bonds. The number of benzene rings is 1. The molecule has 0 saturated carbocycles. The zero-order valence-corrected chi connectivity index (χ0v) is 11.9. The molecule has 112 valence electrons. The van der Waals surface area contributed by atoms with Gasteiger partial charge in [0, 0.05) is 23.0 Å². The number of carboxylic acids is 1. The number of aromatic nitrogens is 1. The lowest BCUT2D eigenvalue weighted by Crippen LogP contribution is -2.07. The van der Waals surface area contributed by atoms with Gasteiger partial charge >= 0.3 is 5.97 Å². The normalized spacial score (nSPS) is 13.3. The first kappa shape index (κ1) is 14.1. The Hall–Kier alpha value is -2.82. The average molecular weight is 296 g/mol. The van der Waals surface area contributed by atoms with Crippen molar-refractivity contribution in [2.75, 3.05) is 5.32 Å². The van der Waals surface area contributed by atoms with Crippen LogP contribution in [0.15, 0.2) is 36.4 Å². The Morgan fingerprint density at radius 1 is 1.18 bits per heavy atom. The van der Waals surface area contributed by atoms with Gasteiger partial charge in [-0.2, -0.15) is 0 Å². The van der Waals surface area contributed by atoms with Crippen LogP contribution in [0.4, 0.5) is 5.69 Å². The van der Waals surface area contributed by atoms with Crippen LogP contribution in [0.5, 0.6) is 0 Å². The molecule has 1 aromatic heterocycles. The van der Waals surface area contributed by atoms with E-state index in [-0.39, 0.29) is 11.6 Å². The van der Waals surface area contributed by atoms with Crippen LogP contribution in [0.2, 0.25) is 0 Å². The molecule has 0 radical (unpaired) electrons. The van der Waals surface area contributed by atoms with Crippen molar-refractivity contribution in [3.63, 3.8) is 0 Å². The number of aromatic amines is 1.